The van der Waals surface area contributed by atoms with Crippen LogP contribution in [0.5, 0.6) is 0 Å². The Kier molecular flexibility index (Phi) is 4.27. The molecule has 0 amide bonds. The lowest BCUT2D eigenvalue weighted by Crippen LogP contribution is -2.24. The Morgan fingerprint density at radius 2 is 2.22 bits per heavy atom. The molecule has 0 heterocycles. The van der Waals surface area contributed by atoms with Crippen LogP contribution in [0.2, 0.25) is 0 Å². The lowest BCUT2D eigenvalue weighted by molar-refractivity contribution is 0.0156. The van der Waals surface area contributed by atoms with Crippen LogP contribution >= 0.6 is 15.9 Å². The molecule has 1 aromatic carbocycles. The molecule has 1 fully saturated rings. The van der Waals surface area contributed by atoms with Gasteiger partial charge in [0.2, 0.25) is 0 Å². The molecule has 18 heavy (non-hydrogen) atoms. The van der Waals surface area contributed by atoms with Gasteiger partial charge in [0.05, 0.1) is 5.56 Å². The molecule has 0 radical (unpaired) electrons. The topological polar surface area (TPSA) is 52.3 Å². The Bertz CT molecular complexity index is 447. The zero-order valence-electron chi connectivity index (χ0n) is 10.5. The highest BCUT2D eigenvalue weighted by molar-refractivity contribution is 9.10. The molecule has 0 aromatic heterocycles. The molecule has 2 N–H and O–H groups in total. The van der Waals surface area contributed by atoms with E-state index in [4.69, 9.17) is 10.5 Å². The molecule has 2 atom stereocenters. The highest BCUT2D eigenvalue weighted by Gasteiger charge is 2.23. The highest BCUT2D eigenvalue weighted by atomic mass is 79.9. The first kappa shape index (κ1) is 13.4. The molecule has 1 aromatic rings. The van der Waals surface area contributed by atoms with Gasteiger partial charge < -0.3 is 10.5 Å². The van der Waals surface area contributed by atoms with Crippen molar-refractivity contribution in [1.29, 1.82) is 0 Å². The molecule has 98 valence electrons. The predicted molar refractivity (Wildman–Crippen MR) is 75.4 cm³/mol. The van der Waals surface area contributed by atoms with Crippen molar-refractivity contribution in [3.8, 4) is 0 Å². The number of hydrogen-bond acceptors (Lipinski definition) is 3. The first-order valence-corrected chi connectivity index (χ1v) is 7.11. The van der Waals surface area contributed by atoms with E-state index in [9.17, 15) is 4.79 Å². The van der Waals surface area contributed by atoms with Crippen LogP contribution in [0.15, 0.2) is 22.7 Å². The van der Waals surface area contributed by atoms with Crippen molar-refractivity contribution < 1.29 is 9.53 Å². The summed E-state index contributed by atoms with van der Waals surface area (Å²) in [7, 11) is 0. The van der Waals surface area contributed by atoms with E-state index in [1.807, 2.05) is 0 Å². The lowest BCUT2D eigenvalue weighted by atomic mass is 9.89. The molecule has 0 spiro atoms. The maximum atomic E-state index is 12.0. The minimum atomic E-state index is -0.306. The van der Waals surface area contributed by atoms with E-state index in [1.165, 1.54) is 6.42 Å². The van der Waals surface area contributed by atoms with Gasteiger partial charge in [0.1, 0.15) is 6.10 Å². The van der Waals surface area contributed by atoms with Gasteiger partial charge in [-0.15, -0.1) is 0 Å². The largest absolute Gasteiger partial charge is 0.459 e. The summed E-state index contributed by atoms with van der Waals surface area (Å²) in [6.07, 6.45) is 4.34. The van der Waals surface area contributed by atoms with Crippen LogP contribution in [-0.2, 0) is 4.74 Å². The van der Waals surface area contributed by atoms with E-state index in [2.05, 4.69) is 22.9 Å². The molecule has 1 aliphatic rings. The van der Waals surface area contributed by atoms with Crippen LogP contribution in [0, 0.1) is 5.92 Å². The SMILES string of the molecule is CC1CCCC(OC(=O)c2ccc(Br)cc2N)C1. The fourth-order valence-electron chi connectivity index (χ4n) is 2.42. The van der Waals surface area contributed by atoms with Gasteiger partial charge in [0, 0.05) is 10.2 Å². The van der Waals surface area contributed by atoms with E-state index < -0.39 is 0 Å². The van der Waals surface area contributed by atoms with Gasteiger partial charge in [-0.25, -0.2) is 4.79 Å². The van der Waals surface area contributed by atoms with Crippen LogP contribution in [0.25, 0.3) is 0 Å². The monoisotopic (exact) mass is 311 g/mol. The predicted octanol–water partition coefficient (Wildman–Crippen LogP) is 3.77. The van der Waals surface area contributed by atoms with Gasteiger partial charge in [-0.2, -0.15) is 0 Å². The molecule has 3 nitrogen and oxygen atoms in total. The van der Waals surface area contributed by atoms with Crippen LogP contribution in [0.3, 0.4) is 0 Å². The van der Waals surface area contributed by atoms with E-state index >= 15 is 0 Å². The first-order valence-electron chi connectivity index (χ1n) is 6.32. The molecule has 2 unspecified atom stereocenters. The third-order valence-electron chi connectivity index (χ3n) is 3.40. The summed E-state index contributed by atoms with van der Waals surface area (Å²) in [5, 5.41) is 0. The van der Waals surface area contributed by atoms with Gasteiger partial charge in [0.25, 0.3) is 0 Å². The number of esters is 1. The normalized spacial score (nSPS) is 23.7. The highest BCUT2D eigenvalue weighted by Crippen LogP contribution is 2.27. The second-order valence-electron chi connectivity index (χ2n) is 5.03. The van der Waals surface area contributed by atoms with E-state index in [0.717, 1.165) is 23.7 Å². The smallest absolute Gasteiger partial charge is 0.340 e. The molecule has 2 rings (SSSR count). The zero-order valence-corrected chi connectivity index (χ0v) is 12.1. The fraction of sp³-hybridized carbons (Fsp3) is 0.500. The average molecular weight is 312 g/mol. The van der Waals surface area contributed by atoms with Gasteiger partial charge >= 0.3 is 5.97 Å². The Balaban J connectivity index is 2.03. The molecular formula is C14H18BrNO2. The average Bonchev–Trinajstić information content (AvgIpc) is 2.28. The number of anilines is 1. The van der Waals surface area contributed by atoms with E-state index in [0.29, 0.717) is 17.2 Å². The Labute approximate surface area is 116 Å². The van der Waals surface area contributed by atoms with Crippen molar-refractivity contribution in [1.82, 2.24) is 0 Å². The van der Waals surface area contributed by atoms with Gasteiger partial charge in [0.15, 0.2) is 0 Å². The van der Waals surface area contributed by atoms with Crippen LogP contribution in [-0.4, -0.2) is 12.1 Å². The minimum absolute atomic E-state index is 0.0456. The van der Waals surface area contributed by atoms with Gasteiger partial charge in [-0.3, -0.25) is 0 Å². The number of benzene rings is 1. The Morgan fingerprint density at radius 1 is 1.44 bits per heavy atom. The third kappa shape index (κ3) is 3.25. The second-order valence-corrected chi connectivity index (χ2v) is 5.95. The fourth-order valence-corrected chi connectivity index (χ4v) is 2.80. The summed E-state index contributed by atoms with van der Waals surface area (Å²) in [6, 6.07) is 5.23. The van der Waals surface area contributed by atoms with Crippen molar-refractivity contribution in [2.24, 2.45) is 5.92 Å². The summed E-state index contributed by atoms with van der Waals surface area (Å²) in [5.74, 6) is 0.331. The standard InChI is InChI=1S/C14H18BrNO2/c1-9-3-2-4-11(7-9)18-14(17)12-6-5-10(15)8-13(12)16/h5-6,8-9,11H,2-4,7,16H2,1H3. The number of carbonyl (C=O) groups is 1. The third-order valence-corrected chi connectivity index (χ3v) is 3.89. The molecular weight excluding hydrogens is 294 g/mol. The Morgan fingerprint density at radius 3 is 2.89 bits per heavy atom. The summed E-state index contributed by atoms with van der Waals surface area (Å²) in [4.78, 5) is 12.0. The van der Waals surface area contributed by atoms with Crippen molar-refractivity contribution in [3.05, 3.63) is 28.2 Å². The van der Waals surface area contributed by atoms with Gasteiger partial charge in [-0.1, -0.05) is 29.3 Å². The maximum Gasteiger partial charge on any atom is 0.340 e. The number of rotatable bonds is 2. The zero-order chi connectivity index (χ0) is 13.1. The number of nitrogen functional groups attached to an aromatic ring is 1. The van der Waals surface area contributed by atoms with Gasteiger partial charge in [-0.05, 0) is 43.4 Å². The number of ether oxygens (including phenoxy) is 1. The Hall–Kier alpha value is -1.03. The maximum absolute atomic E-state index is 12.0. The van der Waals surface area contributed by atoms with Crippen molar-refractivity contribution in [2.75, 3.05) is 5.73 Å². The second kappa shape index (κ2) is 5.74. The molecule has 1 aliphatic carbocycles. The van der Waals surface area contributed by atoms with E-state index in [1.54, 1.807) is 18.2 Å². The number of hydrogen-bond donors (Lipinski definition) is 1. The quantitative estimate of drug-likeness (QED) is 0.668. The number of carbonyl (C=O) groups excluding carboxylic acids is 1. The summed E-state index contributed by atoms with van der Waals surface area (Å²) < 4.78 is 6.40. The van der Waals surface area contributed by atoms with Crippen molar-refractivity contribution in [3.63, 3.8) is 0 Å². The molecule has 1 saturated carbocycles. The number of halogens is 1. The minimum Gasteiger partial charge on any atom is -0.459 e. The van der Waals surface area contributed by atoms with Crippen LogP contribution < -0.4 is 5.73 Å². The molecule has 0 saturated heterocycles. The van der Waals surface area contributed by atoms with Crippen LogP contribution in [0.1, 0.15) is 43.0 Å². The first-order chi connectivity index (χ1) is 8.56. The van der Waals surface area contributed by atoms with Crippen molar-refractivity contribution >= 4 is 27.6 Å². The van der Waals surface area contributed by atoms with Crippen molar-refractivity contribution in [2.45, 2.75) is 38.7 Å². The summed E-state index contributed by atoms with van der Waals surface area (Å²) in [5.41, 5.74) is 6.74. The lowest BCUT2D eigenvalue weighted by Gasteiger charge is -2.26. The molecule has 4 heteroatoms. The summed E-state index contributed by atoms with van der Waals surface area (Å²) in [6.45, 7) is 2.20. The number of nitrogens with two attached hydrogens (primary N) is 1. The molecule has 0 aliphatic heterocycles. The summed E-state index contributed by atoms with van der Waals surface area (Å²) >= 11 is 3.32. The van der Waals surface area contributed by atoms with E-state index in [-0.39, 0.29) is 12.1 Å². The molecule has 0 bridgehead atoms. The van der Waals surface area contributed by atoms with Crippen LogP contribution in [0.4, 0.5) is 5.69 Å².